The average molecular weight is 413 g/mol. The van der Waals surface area contributed by atoms with Crippen LogP contribution in [0.5, 0.6) is 0 Å². The Labute approximate surface area is 169 Å². The van der Waals surface area contributed by atoms with Gasteiger partial charge in [-0.1, -0.05) is 6.07 Å². The quantitative estimate of drug-likeness (QED) is 0.509. The third kappa shape index (κ3) is 4.41. The van der Waals surface area contributed by atoms with Crippen LogP contribution in [0.2, 0.25) is 0 Å². The van der Waals surface area contributed by atoms with Crippen molar-refractivity contribution in [2.24, 2.45) is 0 Å². The minimum atomic E-state index is -1.77. The third-order valence-corrected chi connectivity index (χ3v) is 4.40. The predicted octanol–water partition coefficient (Wildman–Crippen LogP) is 3.29. The highest BCUT2D eigenvalue weighted by molar-refractivity contribution is 5.96. The third-order valence-electron chi connectivity index (χ3n) is 4.40. The number of pyridine rings is 1. The van der Waals surface area contributed by atoms with E-state index in [-0.39, 0.29) is 16.9 Å². The smallest absolute Gasteiger partial charge is 0.339 e. The largest absolute Gasteiger partial charge is 0.478 e. The number of nitrogen functional groups attached to an aromatic ring is 1. The van der Waals surface area contributed by atoms with E-state index in [1.807, 2.05) is 0 Å². The molecule has 9 heteroatoms. The number of aromatic carboxylic acids is 1. The summed E-state index contributed by atoms with van der Waals surface area (Å²) in [6, 6.07) is 8.55. The summed E-state index contributed by atoms with van der Waals surface area (Å²) < 4.78 is 26.6. The van der Waals surface area contributed by atoms with Gasteiger partial charge >= 0.3 is 5.97 Å². The molecule has 5 N–H and O–H groups in total. The van der Waals surface area contributed by atoms with Gasteiger partial charge in [0.25, 0.3) is 5.91 Å². The van der Waals surface area contributed by atoms with E-state index in [0.717, 1.165) is 12.1 Å². The van der Waals surface area contributed by atoms with Gasteiger partial charge < -0.3 is 21.3 Å². The van der Waals surface area contributed by atoms with Crippen molar-refractivity contribution in [3.05, 3.63) is 77.0 Å². The molecule has 0 radical (unpaired) electrons. The van der Waals surface area contributed by atoms with Crippen molar-refractivity contribution < 1.29 is 28.6 Å². The van der Waals surface area contributed by atoms with E-state index in [4.69, 9.17) is 5.73 Å². The molecule has 0 aliphatic heterocycles. The second-order valence-corrected chi connectivity index (χ2v) is 6.59. The first-order valence-electron chi connectivity index (χ1n) is 8.70. The van der Waals surface area contributed by atoms with Gasteiger partial charge in [-0.25, -0.2) is 18.6 Å². The Bertz CT molecular complexity index is 1130. The Hall–Kier alpha value is -3.85. The molecule has 0 spiro atoms. The second-order valence-electron chi connectivity index (χ2n) is 6.59. The summed E-state index contributed by atoms with van der Waals surface area (Å²) in [5.74, 6) is -3.99. The van der Waals surface area contributed by atoms with E-state index in [1.54, 1.807) is 19.1 Å². The van der Waals surface area contributed by atoms with Crippen molar-refractivity contribution in [1.82, 2.24) is 4.98 Å². The second kappa shape index (κ2) is 8.26. The summed E-state index contributed by atoms with van der Waals surface area (Å²) in [6.45, 7) is 1.74. The number of carbonyl (C=O) groups is 2. The number of halogens is 2. The Morgan fingerprint density at radius 1 is 1.10 bits per heavy atom. The normalized spacial score (nSPS) is 11.7. The zero-order chi connectivity index (χ0) is 22.0. The lowest BCUT2D eigenvalue weighted by molar-refractivity contribution is -0.124. The van der Waals surface area contributed by atoms with Gasteiger partial charge in [0.2, 0.25) is 0 Å². The number of carboxylic acids is 1. The molecule has 3 rings (SSSR count). The van der Waals surface area contributed by atoms with Gasteiger partial charge in [-0.3, -0.25) is 4.79 Å². The number of hydrogen-bond acceptors (Lipinski definition) is 5. The summed E-state index contributed by atoms with van der Waals surface area (Å²) >= 11 is 0. The van der Waals surface area contributed by atoms with Crippen molar-refractivity contribution >= 4 is 23.4 Å². The number of benzene rings is 2. The fraction of sp³-hybridized carbons (Fsp3) is 0.0952. The maximum atomic E-state index is 13.3. The molecule has 0 aliphatic carbocycles. The highest BCUT2D eigenvalue weighted by atomic mass is 19.1. The molecule has 3 aromatic rings. The SMILES string of the molecule is Cc1cc(NC(=O)[C@H](O)c2cc(F)cc(F)c2)ccc1-c1cnc(N)c(C(=O)O)c1. The van der Waals surface area contributed by atoms with Crippen molar-refractivity contribution in [3.8, 4) is 11.1 Å². The number of nitrogens with zero attached hydrogens (tertiary/aromatic N) is 1. The molecule has 1 aromatic heterocycles. The first kappa shape index (κ1) is 20.9. The van der Waals surface area contributed by atoms with Gasteiger partial charge in [0.15, 0.2) is 6.10 Å². The monoisotopic (exact) mass is 413 g/mol. The Morgan fingerprint density at radius 3 is 2.37 bits per heavy atom. The highest BCUT2D eigenvalue weighted by Gasteiger charge is 2.20. The molecule has 0 unspecified atom stereocenters. The zero-order valence-corrected chi connectivity index (χ0v) is 15.7. The number of aliphatic hydroxyl groups is 1. The van der Waals surface area contributed by atoms with E-state index >= 15 is 0 Å². The van der Waals surface area contributed by atoms with Crippen molar-refractivity contribution in [2.75, 3.05) is 11.1 Å². The number of anilines is 2. The van der Waals surface area contributed by atoms with Crippen LogP contribution in [0.3, 0.4) is 0 Å². The lowest BCUT2D eigenvalue weighted by Crippen LogP contribution is -2.21. The van der Waals surface area contributed by atoms with Crippen molar-refractivity contribution in [2.45, 2.75) is 13.0 Å². The fourth-order valence-electron chi connectivity index (χ4n) is 2.95. The van der Waals surface area contributed by atoms with Crippen LogP contribution >= 0.6 is 0 Å². The van der Waals surface area contributed by atoms with Crippen LogP contribution in [0.25, 0.3) is 11.1 Å². The van der Waals surface area contributed by atoms with E-state index in [9.17, 15) is 28.6 Å². The van der Waals surface area contributed by atoms with E-state index in [1.165, 1.54) is 18.3 Å². The summed E-state index contributed by atoms with van der Waals surface area (Å²) in [7, 11) is 0. The van der Waals surface area contributed by atoms with E-state index < -0.39 is 29.6 Å². The fourth-order valence-corrected chi connectivity index (χ4v) is 2.95. The number of amides is 1. The first-order chi connectivity index (χ1) is 14.2. The van der Waals surface area contributed by atoms with Gasteiger partial charge in [-0.05, 0) is 53.9 Å². The summed E-state index contributed by atoms with van der Waals surface area (Å²) in [4.78, 5) is 27.4. The topological polar surface area (TPSA) is 126 Å². The number of rotatable bonds is 5. The molecule has 1 heterocycles. The van der Waals surface area contributed by atoms with E-state index in [2.05, 4.69) is 10.3 Å². The summed E-state index contributed by atoms with van der Waals surface area (Å²) in [5.41, 5.74) is 7.42. The molecule has 30 heavy (non-hydrogen) atoms. The number of carboxylic acid groups (broad SMARTS) is 1. The van der Waals surface area contributed by atoms with Gasteiger partial charge in [0.05, 0.1) is 0 Å². The molecule has 7 nitrogen and oxygen atoms in total. The number of carbonyl (C=O) groups excluding carboxylic acids is 1. The van der Waals surface area contributed by atoms with Crippen molar-refractivity contribution in [1.29, 1.82) is 0 Å². The number of aliphatic hydroxyl groups excluding tert-OH is 1. The lowest BCUT2D eigenvalue weighted by Gasteiger charge is -2.14. The average Bonchev–Trinajstić information content (AvgIpc) is 2.67. The van der Waals surface area contributed by atoms with Gasteiger partial charge in [-0.15, -0.1) is 0 Å². The molecule has 0 saturated heterocycles. The van der Waals surface area contributed by atoms with E-state index in [0.29, 0.717) is 28.4 Å². The van der Waals surface area contributed by atoms with Crippen LogP contribution in [0, 0.1) is 18.6 Å². The molecular weight excluding hydrogens is 396 g/mol. The predicted molar refractivity (Wildman–Crippen MR) is 106 cm³/mol. The van der Waals surface area contributed by atoms with Crippen molar-refractivity contribution in [3.63, 3.8) is 0 Å². The molecule has 0 fully saturated rings. The maximum absolute atomic E-state index is 13.3. The Morgan fingerprint density at radius 2 is 1.77 bits per heavy atom. The molecule has 1 amide bonds. The molecule has 0 bridgehead atoms. The Kier molecular flexibility index (Phi) is 5.74. The molecule has 0 aliphatic rings. The standard InChI is InChI=1S/C21H17F2N3O4/c1-10-4-15(26-20(28)18(27)11-5-13(22)8-14(23)6-11)2-3-16(10)12-7-17(21(29)30)19(24)25-9-12/h2-9,18,27H,1H3,(H2,24,25)(H,26,28)(H,29,30)/t18-/m1/s1. The number of aromatic nitrogens is 1. The molecular formula is C21H17F2N3O4. The highest BCUT2D eigenvalue weighted by Crippen LogP contribution is 2.28. The van der Waals surface area contributed by atoms with Crippen LogP contribution in [-0.2, 0) is 4.79 Å². The minimum Gasteiger partial charge on any atom is -0.478 e. The number of nitrogens with one attached hydrogen (secondary N) is 1. The molecule has 2 aromatic carbocycles. The van der Waals surface area contributed by atoms with Crippen LogP contribution in [-0.4, -0.2) is 27.1 Å². The van der Waals surface area contributed by atoms with Gasteiger partial charge in [0, 0.05) is 23.5 Å². The molecule has 1 atom stereocenters. The van der Waals surface area contributed by atoms with Crippen LogP contribution in [0.1, 0.15) is 27.6 Å². The number of aryl methyl sites for hydroxylation is 1. The van der Waals surface area contributed by atoms with Gasteiger partial charge in [0.1, 0.15) is 23.0 Å². The lowest BCUT2D eigenvalue weighted by atomic mass is 10.00. The number of nitrogens with two attached hydrogens (primary N) is 1. The number of hydrogen-bond donors (Lipinski definition) is 4. The molecule has 154 valence electrons. The zero-order valence-electron chi connectivity index (χ0n) is 15.7. The summed E-state index contributed by atoms with van der Waals surface area (Å²) in [5, 5.41) is 21.8. The minimum absolute atomic E-state index is 0.101. The molecule has 0 saturated carbocycles. The van der Waals surface area contributed by atoms with Crippen LogP contribution in [0.15, 0.2) is 48.7 Å². The Balaban J connectivity index is 1.82. The van der Waals surface area contributed by atoms with Gasteiger partial charge in [-0.2, -0.15) is 0 Å². The maximum Gasteiger partial charge on any atom is 0.339 e. The summed E-state index contributed by atoms with van der Waals surface area (Å²) in [6.07, 6.45) is -0.334. The van der Waals surface area contributed by atoms with Crippen LogP contribution in [0.4, 0.5) is 20.3 Å². The first-order valence-corrected chi connectivity index (χ1v) is 8.70. The van der Waals surface area contributed by atoms with Crippen LogP contribution < -0.4 is 11.1 Å².